The molecule has 0 aromatic carbocycles. The molecule has 1 nitrogen and oxygen atoms in total. The Bertz CT molecular complexity index is 206. The Morgan fingerprint density at radius 3 is 2.16 bits per heavy atom. The monoisotopic (exact) mass is 267 g/mol. The maximum atomic E-state index is 2.73. The Hall–Kier alpha value is -0.0400. The standard InChI is InChI=1S/C18H37N/c1-5-13-19(15-12-17-9-8-10-17)14-11-16(4)18(6-2)7-3/h16-18H,5-15H2,1-4H3. The summed E-state index contributed by atoms with van der Waals surface area (Å²) in [5.74, 6) is 2.91. The molecule has 1 aliphatic rings. The van der Waals surface area contributed by atoms with E-state index in [-0.39, 0.29) is 0 Å². The Labute approximate surface area is 122 Å². The van der Waals surface area contributed by atoms with Crippen LogP contribution in [-0.4, -0.2) is 24.5 Å². The fraction of sp³-hybridized carbons (Fsp3) is 1.00. The van der Waals surface area contributed by atoms with Crippen LogP contribution in [-0.2, 0) is 0 Å². The molecular formula is C18H37N. The minimum atomic E-state index is 0.901. The van der Waals surface area contributed by atoms with Crippen LogP contribution in [0.15, 0.2) is 0 Å². The third-order valence-corrected chi connectivity index (χ3v) is 5.37. The molecule has 19 heavy (non-hydrogen) atoms. The van der Waals surface area contributed by atoms with Crippen molar-refractivity contribution in [2.45, 2.75) is 79.1 Å². The molecule has 1 unspecified atom stereocenters. The van der Waals surface area contributed by atoms with Crippen molar-refractivity contribution in [3.63, 3.8) is 0 Å². The van der Waals surface area contributed by atoms with E-state index in [1.807, 2.05) is 0 Å². The molecular weight excluding hydrogens is 230 g/mol. The highest BCUT2D eigenvalue weighted by atomic mass is 15.1. The molecule has 1 aliphatic carbocycles. The Morgan fingerprint density at radius 2 is 1.68 bits per heavy atom. The van der Waals surface area contributed by atoms with E-state index in [0.29, 0.717) is 0 Å². The lowest BCUT2D eigenvalue weighted by Crippen LogP contribution is -2.31. The van der Waals surface area contributed by atoms with Crippen molar-refractivity contribution in [3.05, 3.63) is 0 Å². The summed E-state index contributed by atoms with van der Waals surface area (Å²) in [4.78, 5) is 2.73. The summed E-state index contributed by atoms with van der Waals surface area (Å²) in [6.07, 6.45) is 11.4. The van der Waals surface area contributed by atoms with Crippen LogP contribution in [0.1, 0.15) is 79.1 Å². The molecule has 0 aromatic rings. The molecule has 0 spiro atoms. The quantitative estimate of drug-likeness (QED) is 0.487. The first-order chi connectivity index (χ1) is 9.21. The van der Waals surface area contributed by atoms with Crippen LogP contribution in [0, 0.1) is 17.8 Å². The lowest BCUT2D eigenvalue weighted by Gasteiger charge is -2.30. The van der Waals surface area contributed by atoms with Crippen molar-refractivity contribution in [2.75, 3.05) is 19.6 Å². The lowest BCUT2D eigenvalue weighted by molar-refractivity contribution is 0.192. The molecule has 0 saturated heterocycles. The van der Waals surface area contributed by atoms with Gasteiger partial charge in [-0.1, -0.05) is 59.8 Å². The summed E-state index contributed by atoms with van der Waals surface area (Å²) in [7, 11) is 0. The third-order valence-electron chi connectivity index (χ3n) is 5.37. The molecule has 114 valence electrons. The Balaban J connectivity index is 2.22. The van der Waals surface area contributed by atoms with Gasteiger partial charge in [0, 0.05) is 0 Å². The Kier molecular flexibility index (Phi) is 8.77. The second-order valence-electron chi connectivity index (χ2n) is 6.77. The molecule has 1 heteroatoms. The second-order valence-corrected chi connectivity index (χ2v) is 6.77. The summed E-state index contributed by atoms with van der Waals surface area (Å²) in [5.41, 5.74) is 0. The summed E-state index contributed by atoms with van der Waals surface area (Å²) < 4.78 is 0. The van der Waals surface area contributed by atoms with Crippen molar-refractivity contribution in [2.24, 2.45) is 17.8 Å². The minimum absolute atomic E-state index is 0.901. The molecule has 1 fully saturated rings. The SMILES string of the molecule is CCCN(CCC1CCC1)CCC(C)C(CC)CC. The van der Waals surface area contributed by atoms with Crippen molar-refractivity contribution >= 4 is 0 Å². The second kappa shape index (κ2) is 9.80. The van der Waals surface area contributed by atoms with Gasteiger partial charge in [0.2, 0.25) is 0 Å². The van der Waals surface area contributed by atoms with Gasteiger partial charge in [0.1, 0.15) is 0 Å². The van der Waals surface area contributed by atoms with Crippen molar-refractivity contribution in [3.8, 4) is 0 Å². The van der Waals surface area contributed by atoms with Crippen LogP contribution < -0.4 is 0 Å². The molecule has 0 N–H and O–H groups in total. The van der Waals surface area contributed by atoms with E-state index in [2.05, 4.69) is 32.6 Å². The van der Waals surface area contributed by atoms with Crippen LogP contribution in [0.25, 0.3) is 0 Å². The summed E-state index contributed by atoms with van der Waals surface area (Å²) in [6, 6.07) is 0. The molecule has 1 rings (SSSR count). The molecule has 0 aromatic heterocycles. The average Bonchev–Trinajstić information content (AvgIpc) is 2.35. The van der Waals surface area contributed by atoms with Crippen LogP contribution in [0.2, 0.25) is 0 Å². The largest absolute Gasteiger partial charge is 0.303 e. The van der Waals surface area contributed by atoms with Gasteiger partial charge in [0.15, 0.2) is 0 Å². The van der Waals surface area contributed by atoms with E-state index in [1.54, 1.807) is 0 Å². The smallest absolute Gasteiger partial charge is 0.00161 e. The zero-order valence-corrected chi connectivity index (χ0v) is 14.0. The highest BCUT2D eigenvalue weighted by molar-refractivity contribution is 4.72. The number of hydrogen-bond acceptors (Lipinski definition) is 1. The molecule has 0 bridgehead atoms. The molecule has 0 radical (unpaired) electrons. The van der Waals surface area contributed by atoms with E-state index < -0.39 is 0 Å². The molecule has 1 saturated carbocycles. The van der Waals surface area contributed by atoms with E-state index in [9.17, 15) is 0 Å². The fourth-order valence-electron chi connectivity index (χ4n) is 3.51. The minimum Gasteiger partial charge on any atom is -0.303 e. The van der Waals surface area contributed by atoms with E-state index in [1.165, 1.54) is 71.0 Å². The average molecular weight is 268 g/mol. The van der Waals surface area contributed by atoms with Gasteiger partial charge in [-0.05, 0) is 56.7 Å². The van der Waals surface area contributed by atoms with Crippen LogP contribution in [0.5, 0.6) is 0 Å². The van der Waals surface area contributed by atoms with Crippen LogP contribution >= 0.6 is 0 Å². The first-order valence-corrected chi connectivity index (χ1v) is 8.93. The highest BCUT2D eigenvalue weighted by Gasteiger charge is 2.19. The number of hydrogen-bond donors (Lipinski definition) is 0. The summed E-state index contributed by atoms with van der Waals surface area (Å²) in [6.45, 7) is 13.5. The van der Waals surface area contributed by atoms with Gasteiger partial charge in [-0.2, -0.15) is 0 Å². The third kappa shape index (κ3) is 6.29. The van der Waals surface area contributed by atoms with Gasteiger partial charge >= 0.3 is 0 Å². The summed E-state index contributed by atoms with van der Waals surface area (Å²) >= 11 is 0. The molecule has 1 atom stereocenters. The fourth-order valence-corrected chi connectivity index (χ4v) is 3.51. The van der Waals surface area contributed by atoms with Crippen molar-refractivity contribution < 1.29 is 0 Å². The number of nitrogens with zero attached hydrogens (tertiary/aromatic N) is 1. The maximum Gasteiger partial charge on any atom is -0.00161 e. The molecule has 0 heterocycles. The van der Waals surface area contributed by atoms with E-state index in [4.69, 9.17) is 0 Å². The first kappa shape index (κ1) is 17.0. The molecule has 0 aliphatic heterocycles. The lowest BCUT2D eigenvalue weighted by atomic mass is 9.83. The number of rotatable bonds is 11. The van der Waals surface area contributed by atoms with Gasteiger partial charge in [-0.15, -0.1) is 0 Å². The predicted molar refractivity (Wildman–Crippen MR) is 86.5 cm³/mol. The van der Waals surface area contributed by atoms with Gasteiger partial charge in [-0.25, -0.2) is 0 Å². The zero-order chi connectivity index (χ0) is 14.1. The predicted octanol–water partition coefficient (Wildman–Crippen LogP) is 5.35. The van der Waals surface area contributed by atoms with Crippen molar-refractivity contribution in [1.29, 1.82) is 0 Å². The first-order valence-electron chi connectivity index (χ1n) is 8.93. The van der Waals surface area contributed by atoms with Crippen LogP contribution in [0.4, 0.5) is 0 Å². The van der Waals surface area contributed by atoms with E-state index >= 15 is 0 Å². The maximum absolute atomic E-state index is 2.73. The van der Waals surface area contributed by atoms with E-state index in [0.717, 1.165) is 17.8 Å². The van der Waals surface area contributed by atoms with Gasteiger partial charge < -0.3 is 4.90 Å². The highest BCUT2D eigenvalue weighted by Crippen LogP contribution is 2.29. The zero-order valence-electron chi connectivity index (χ0n) is 14.0. The van der Waals surface area contributed by atoms with Gasteiger partial charge in [0.05, 0.1) is 0 Å². The van der Waals surface area contributed by atoms with Crippen LogP contribution in [0.3, 0.4) is 0 Å². The topological polar surface area (TPSA) is 3.24 Å². The van der Waals surface area contributed by atoms with Gasteiger partial charge in [-0.3, -0.25) is 0 Å². The Morgan fingerprint density at radius 1 is 1.00 bits per heavy atom. The van der Waals surface area contributed by atoms with Gasteiger partial charge in [0.25, 0.3) is 0 Å². The molecule has 0 amide bonds. The van der Waals surface area contributed by atoms with Crippen molar-refractivity contribution in [1.82, 2.24) is 4.90 Å². The normalized spacial score (nSPS) is 18.0. The summed E-state index contributed by atoms with van der Waals surface area (Å²) in [5, 5.41) is 0.